The van der Waals surface area contributed by atoms with E-state index < -0.39 is 0 Å². The molecular weight excluding hydrogens is 224 g/mol. The van der Waals surface area contributed by atoms with Crippen LogP contribution in [0.1, 0.15) is 45.2 Å². The molecule has 18 heavy (non-hydrogen) atoms. The maximum absolute atomic E-state index is 11.9. The minimum atomic E-state index is -0.0710. The number of nitrogens with two attached hydrogens (primary N) is 1. The number of hydrogen-bond donors (Lipinski definition) is 2. The van der Waals surface area contributed by atoms with Crippen molar-refractivity contribution in [1.82, 2.24) is 5.32 Å². The summed E-state index contributed by atoms with van der Waals surface area (Å²) in [5.41, 5.74) is 7.06. The lowest BCUT2D eigenvalue weighted by molar-refractivity contribution is -0.122. The van der Waals surface area contributed by atoms with E-state index >= 15 is 0 Å². The number of carbonyl (C=O) groups excluding carboxylic acids is 1. The van der Waals surface area contributed by atoms with Gasteiger partial charge in [0.05, 0.1) is 6.04 Å². The maximum Gasteiger partial charge on any atom is 0.222 e. The first-order chi connectivity index (χ1) is 8.54. The molecule has 0 aromatic heterocycles. The molecule has 2 atom stereocenters. The van der Waals surface area contributed by atoms with Crippen LogP contribution >= 0.6 is 0 Å². The van der Waals surface area contributed by atoms with Gasteiger partial charge < -0.3 is 11.1 Å². The van der Waals surface area contributed by atoms with Crippen molar-refractivity contribution in [3.8, 4) is 0 Å². The highest BCUT2D eigenvalue weighted by molar-refractivity contribution is 5.77. The molecule has 0 aliphatic rings. The molecule has 0 saturated carbocycles. The third-order valence-corrected chi connectivity index (χ3v) is 3.22. The van der Waals surface area contributed by atoms with Gasteiger partial charge in [0.15, 0.2) is 0 Å². The number of carbonyl (C=O) groups is 1. The van der Waals surface area contributed by atoms with Crippen LogP contribution in [0, 0.1) is 5.92 Å². The summed E-state index contributed by atoms with van der Waals surface area (Å²) in [7, 11) is 0. The predicted molar refractivity (Wildman–Crippen MR) is 75.0 cm³/mol. The molecule has 0 aliphatic carbocycles. The van der Waals surface area contributed by atoms with Gasteiger partial charge in [0.2, 0.25) is 5.91 Å². The number of rotatable bonds is 6. The third kappa shape index (κ3) is 4.49. The molecule has 2 unspecified atom stereocenters. The van der Waals surface area contributed by atoms with Gasteiger partial charge in [0.25, 0.3) is 0 Å². The number of amides is 1. The fraction of sp³-hybridized carbons (Fsp3) is 0.533. The Hall–Kier alpha value is -1.35. The zero-order chi connectivity index (χ0) is 13.5. The molecule has 0 fully saturated rings. The Labute approximate surface area is 110 Å². The minimum absolute atomic E-state index is 0.0342. The summed E-state index contributed by atoms with van der Waals surface area (Å²) < 4.78 is 0. The van der Waals surface area contributed by atoms with Crippen LogP contribution in [-0.2, 0) is 4.79 Å². The Balaban J connectivity index is 2.56. The summed E-state index contributed by atoms with van der Waals surface area (Å²) in [5.74, 6) is 0.361. The SMILES string of the molecule is CCC(NC(=O)CC(N)C(C)C)c1ccccc1. The zero-order valence-electron chi connectivity index (χ0n) is 11.5. The van der Waals surface area contributed by atoms with E-state index in [1.165, 1.54) is 0 Å². The Morgan fingerprint density at radius 1 is 1.28 bits per heavy atom. The average molecular weight is 248 g/mol. The average Bonchev–Trinajstić information content (AvgIpc) is 2.36. The summed E-state index contributed by atoms with van der Waals surface area (Å²) in [6, 6.07) is 10.0. The monoisotopic (exact) mass is 248 g/mol. The van der Waals surface area contributed by atoms with Crippen molar-refractivity contribution in [2.45, 2.75) is 45.7 Å². The smallest absolute Gasteiger partial charge is 0.222 e. The molecule has 0 bridgehead atoms. The zero-order valence-corrected chi connectivity index (χ0v) is 11.5. The standard InChI is InChI=1S/C15H24N2O/c1-4-14(12-8-6-5-7-9-12)17-15(18)10-13(16)11(2)3/h5-9,11,13-14H,4,10,16H2,1-3H3,(H,17,18). The molecule has 1 aromatic rings. The van der Waals surface area contributed by atoms with Crippen LogP contribution in [0.5, 0.6) is 0 Å². The van der Waals surface area contributed by atoms with Crippen LogP contribution < -0.4 is 11.1 Å². The fourth-order valence-corrected chi connectivity index (χ4v) is 1.81. The Bertz CT molecular complexity index is 362. The van der Waals surface area contributed by atoms with Gasteiger partial charge in [-0.2, -0.15) is 0 Å². The second kappa shape index (κ2) is 7.17. The Morgan fingerprint density at radius 2 is 1.89 bits per heavy atom. The molecule has 100 valence electrons. The van der Waals surface area contributed by atoms with Gasteiger partial charge in [0.1, 0.15) is 0 Å². The lowest BCUT2D eigenvalue weighted by Crippen LogP contribution is -2.36. The van der Waals surface area contributed by atoms with E-state index in [1.54, 1.807) is 0 Å². The molecule has 0 aliphatic heterocycles. The normalized spacial score (nSPS) is 14.3. The first-order valence-electron chi connectivity index (χ1n) is 6.64. The van der Waals surface area contributed by atoms with Crippen molar-refractivity contribution in [3.63, 3.8) is 0 Å². The van der Waals surface area contributed by atoms with Crippen LogP contribution in [0.25, 0.3) is 0 Å². The molecule has 0 radical (unpaired) electrons. The molecule has 3 heteroatoms. The first-order valence-corrected chi connectivity index (χ1v) is 6.64. The van der Waals surface area contributed by atoms with Gasteiger partial charge in [0, 0.05) is 12.5 Å². The van der Waals surface area contributed by atoms with E-state index in [-0.39, 0.29) is 18.0 Å². The van der Waals surface area contributed by atoms with Crippen LogP contribution in [0.3, 0.4) is 0 Å². The van der Waals surface area contributed by atoms with E-state index in [9.17, 15) is 4.79 Å². The van der Waals surface area contributed by atoms with Gasteiger partial charge in [-0.15, -0.1) is 0 Å². The van der Waals surface area contributed by atoms with Crippen molar-refractivity contribution in [2.75, 3.05) is 0 Å². The summed E-state index contributed by atoms with van der Waals surface area (Å²) in [5, 5.41) is 3.05. The van der Waals surface area contributed by atoms with Crippen molar-refractivity contribution >= 4 is 5.91 Å². The summed E-state index contributed by atoms with van der Waals surface area (Å²) in [6.07, 6.45) is 1.27. The summed E-state index contributed by atoms with van der Waals surface area (Å²) >= 11 is 0. The van der Waals surface area contributed by atoms with Crippen molar-refractivity contribution in [1.29, 1.82) is 0 Å². The van der Waals surface area contributed by atoms with Gasteiger partial charge in [-0.1, -0.05) is 51.1 Å². The Kier molecular flexibility index (Phi) is 5.86. The molecule has 3 nitrogen and oxygen atoms in total. The highest BCUT2D eigenvalue weighted by Gasteiger charge is 2.16. The molecule has 0 heterocycles. The molecule has 1 aromatic carbocycles. The number of benzene rings is 1. The van der Waals surface area contributed by atoms with Crippen LogP contribution in [-0.4, -0.2) is 11.9 Å². The highest BCUT2D eigenvalue weighted by atomic mass is 16.1. The number of hydrogen-bond acceptors (Lipinski definition) is 2. The minimum Gasteiger partial charge on any atom is -0.349 e. The van der Waals surface area contributed by atoms with Crippen molar-refractivity contribution in [2.24, 2.45) is 11.7 Å². The van der Waals surface area contributed by atoms with Gasteiger partial charge in [-0.05, 0) is 17.9 Å². The van der Waals surface area contributed by atoms with E-state index in [1.807, 2.05) is 44.2 Å². The molecule has 0 saturated heterocycles. The third-order valence-electron chi connectivity index (χ3n) is 3.22. The number of nitrogens with one attached hydrogen (secondary N) is 1. The fourth-order valence-electron chi connectivity index (χ4n) is 1.81. The predicted octanol–water partition coefficient (Wildman–Crippen LogP) is 2.63. The Morgan fingerprint density at radius 3 is 2.39 bits per heavy atom. The largest absolute Gasteiger partial charge is 0.349 e. The molecule has 3 N–H and O–H groups in total. The summed E-state index contributed by atoms with van der Waals surface area (Å²) in [6.45, 7) is 6.14. The van der Waals surface area contributed by atoms with E-state index in [2.05, 4.69) is 12.2 Å². The molecule has 1 rings (SSSR count). The van der Waals surface area contributed by atoms with E-state index in [0.29, 0.717) is 12.3 Å². The lowest BCUT2D eigenvalue weighted by atomic mass is 10.0. The lowest BCUT2D eigenvalue weighted by Gasteiger charge is -2.20. The second-order valence-electron chi connectivity index (χ2n) is 5.05. The first kappa shape index (κ1) is 14.7. The van der Waals surface area contributed by atoms with Crippen LogP contribution in [0.15, 0.2) is 30.3 Å². The topological polar surface area (TPSA) is 55.1 Å². The second-order valence-corrected chi connectivity index (χ2v) is 5.05. The van der Waals surface area contributed by atoms with Crippen molar-refractivity contribution < 1.29 is 4.79 Å². The molecule has 0 spiro atoms. The quantitative estimate of drug-likeness (QED) is 0.813. The van der Waals surface area contributed by atoms with Crippen molar-refractivity contribution in [3.05, 3.63) is 35.9 Å². The van der Waals surface area contributed by atoms with Gasteiger partial charge in [-0.3, -0.25) is 4.79 Å². The van der Waals surface area contributed by atoms with Gasteiger partial charge in [-0.25, -0.2) is 0 Å². The highest BCUT2D eigenvalue weighted by Crippen LogP contribution is 2.16. The molecular formula is C15H24N2O. The van der Waals surface area contributed by atoms with E-state index in [0.717, 1.165) is 12.0 Å². The molecule has 1 amide bonds. The van der Waals surface area contributed by atoms with E-state index in [4.69, 9.17) is 5.73 Å². The van der Waals surface area contributed by atoms with Crippen LogP contribution in [0.4, 0.5) is 0 Å². The summed E-state index contributed by atoms with van der Waals surface area (Å²) in [4.78, 5) is 11.9. The van der Waals surface area contributed by atoms with Gasteiger partial charge >= 0.3 is 0 Å². The maximum atomic E-state index is 11.9. The van der Waals surface area contributed by atoms with Crippen LogP contribution in [0.2, 0.25) is 0 Å².